The van der Waals surface area contributed by atoms with Gasteiger partial charge >= 0.3 is 5.97 Å². The van der Waals surface area contributed by atoms with E-state index in [2.05, 4.69) is 4.90 Å². The first-order valence-electron chi connectivity index (χ1n) is 7.95. The molecule has 1 aliphatic rings. The lowest BCUT2D eigenvalue weighted by Crippen LogP contribution is -2.31. The highest BCUT2D eigenvalue weighted by molar-refractivity contribution is 5.69. The van der Waals surface area contributed by atoms with E-state index in [1.807, 2.05) is 55.5 Å². The molecular weight excluding hydrogens is 290 g/mol. The molecule has 3 rings (SSSR count). The molecule has 4 nitrogen and oxygen atoms in total. The van der Waals surface area contributed by atoms with Crippen molar-refractivity contribution in [2.45, 2.75) is 32.2 Å². The molecule has 120 valence electrons. The second-order valence-corrected chi connectivity index (χ2v) is 5.95. The monoisotopic (exact) mass is 311 g/mol. The van der Waals surface area contributed by atoms with E-state index >= 15 is 0 Å². The predicted octanol–water partition coefficient (Wildman–Crippen LogP) is 4.23. The van der Waals surface area contributed by atoms with E-state index < -0.39 is 5.97 Å². The Hall–Kier alpha value is -2.49. The van der Waals surface area contributed by atoms with Crippen LogP contribution in [0.3, 0.4) is 0 Å². The third kappa shape index (κ3) is 3.65. The smallest absolute Gasteiger partial charge is 0.305 e. The number of nitrogens with zero attached hydrogens (tertiary/aromatic N) is 1. The molecule has 0 amide bonds. The van der Waals surface area contributed by atoms with Crippen LogP contribution in [0.5, 0.6) is 11.5 Å². The van der Waals surface area contributed by atoms with Crippen LogP contribution < -0.4 is 9.64 Å². The number of benzene rings is 2. The normalized spacial score (nSPS) is 17.3. The molecule has 1 saturated heterocycles. The van der Waals surface area contributed by atoms with Crippen molar-refractivity contribution in [3.63, 3.8) is 0 Å². The minimum atomic E-state index is -0.735. The first-order chi connectivity index (χ1) is 11.1. The number of hydrogen-bond donors (Lipinski definition) is 1. The zero-order chi connectivity index (χ0) is 16.2. The van der Waals surface area contributed by atoms with E-state index in [4.69, 9.17) is 9.84 Å². The zero-order valence-corrected chi connectivity index (χ0v) is 13.2. The van der Waals surface area contributed by atoms with E-state index in [0.29, 0.717) is 0 Å². The lowest BCUT2D eigenvalue weighted by atomic mass is 10.1. The fourth-order valence-electron chi connectivity index (χ4n) is 3.09. The molecule has 23 heavy (non-hydrogen) atoms. The van der Waals surface area contributed by atoms with Gasteiger partial charge in [0.25, 0.3) is 0 Å². The molecule has 0 aromatic heterocycles. The SMILES string of the molecule is Cc1ccccc1Oc1ccc(N2CCCC2CC(=O)O)cc1. The summed E-state index contributed by atoms with van der Waals surface area (Å²) >= 11 is 0. The van der Waals surface area contributed by atoms with Crippen molar-refractivity contribution < 1.29 is 14.6 Å². The Labute approximate surface area is 136 Å². The molecule has 2 aromatic rings. The van der Waals surface area contributed by atoms with Crippen LogP contribution >= 0.6 is 0 Å². The summed E-state index contributed by atoms with van der Waals surface area (Å²) in [6, 6.07) is 15.9. The summed E-state index contributed by atoms with van der Waals surface area (Å²) in [6.45, 7) is 2.93. The second kappa shape index (κ2) is 6.73. The average molecular weight is 311 g/mol. The molecule has 4 heteroatoms. The van der Waals surface area contributed by atoms with Crippen molar-refractivity contribution in [3.8, 4) is 11.5 Å². The van der Waals surface area contributed by atoms with Crippen molar-refractivity contribution in [2.24, 2.45) is 0 Å². The molecule has 1 aliphatic heterocycles. The number of rotatable bonds is 5. The summed E-state index contributed by atoms with van der Waals surface area (Å²) < 4.78 is 5.91. The van der Waals surface area contributed by atoms with Gasteiger partial charge in [0.05, 0.1) is 6.42 Å². The van der Waals surface area contributed by atoms with Gasteiger partial charge in [-0.1, -0.05) is 18.2 Å². The number of aliphatic carboxylic acids is 1. The van der Waals surface area contributed by atoms with Gasteiger partial charge in [-0.15, -0.1) is 0 Å². The lowest BCUT2D eigenvalue weighted by Gasteiger charge is -2.25. The van der Waals surface area contributed by atoms with E-state index in [1.54, 1.807) is 0 Å². The Morgan fingerprint density at radius 2 is 1.96 bits per heavy atom. The number of ether oxygens (including phenoxy) is 1. The van der Waals surface area contributed by atoms with E-state index in [1.165, 1.54) is 0 Å². The topological polar surface area (TPSA) is 49.8 Å². The molecule has 0 spiro atoms. The van der Waals surface area contributed by atoms with Gasteiger partial charge in [0.15, 0.2) is 0 Å². The molecule has 1 N–H and O–H groups in total. The molecule has 1 fully saturated rings. The molecular formula is C19H21NO3. The minimum Gasteiger partial charge on any atom is -0.481 e. The maximum absolute atomic E-state index is 11.0. The van der Waals surface area contributed by atoms with Crippen LogP contribution in [-0.4, -0.2) is 23.7 Å². The van der Waals surface area contributed by atoms with E-state index in [0.717, 1.165) is 42.1 Å². The number of aryl methyl sites for hydroxylation is 1. The zero-order valence-electron chi connectivity index (χ0n) is 13.2. The third-order valence-electron chi connectivity index (χ3n) is 4.28. The Kier molecular flexibility index (Phi) is 4.51. The van der Waals surface area contributed by atoms with Gasteiger partial charge < -0.3 is 14.7 Å². The molecule has 0 bridgehead atoms. The molecule has 1 atom stereocenters. The van der Waals surface area contributed by atoms with Gasteiger partial charge in [0.2, 0.25) is 0 Å². The quantitative estimate of drug-likeness (QED) is 0.897. The van der Waals surface area contributed by atoms with Crippen LogP contribution in [0.1, 0.15) is 24.8 Å². The summed E-state index contributed by atoms with van der Waals surface area (Å²) in [5, 5.41) is 9.03. The van der Waals surface area contributed by atoms with Gasteiger partial charge in [-0.05, 0) is 55.7 Å². The molecule has 1 unspecified atom stereocenters. The Morgan fingerprint density at radius 3 is 2.65 bits per heavy atom. The molecule has 1 heterocycles. The Bertz CT molecular complexity index is 681. The number of carbonyl (C=O) groups is 1. The summed E-state index contributed by atoms with van der Waals surface area (Å²) in [6.07, 6.45) is 2.18. The van der Waals surface area contributed by atoms with Crippen molar-refractivity contribution >= 4 is 11.7 Å². The maximum Gasteiger partial charge on any atom is 0.305 e. The number of carboxylic acids is 1. The number of carboxylic acid groups (broad SMARTS) is 1. The maximum atomic E-state index is 11.0. The average Bonchev–Trinajstić information content (AvgIpc) is 2.98. The van der Waals surface area contributed by atoms with Crippen molar-refractivity contribution in [1.82, 2.24) is 0 Å². The van der Waals surface area contributed by atoms with Crippen molar-refractivity contribution in [3.05, 3.63) is 54.1 Å². The van der Waals surface area contributed by atoms with Gasteiger partial charge in [-0.3, -0.25) is 4.79 Å². The minimum absolute atomic E-state index is 0.0932. The third-order valence-corrected chi connectivity index (χ3v) is 4.28. The summed E-state index contributed by atoms with van der Waals surface area (Å²) in [7, 11) is 0. The predicted molar refractivity (Wildman–Crippen MR) is 90.3 cm³/mol. The highest BCUT2D eigenvalue weighted by Gasteiger charge is 2.26. The van der Waals surface area contributed by atoms with Crippen molar-refractivity contribution in [2.75, 3.05) is 11.4 Å². The van der Waals surface area contributed by atoms with Crippen LogP contribution in [0.25, 0.3) is 0 Å². The molecule has 0 radical (unpaired) electrons. The fourth-order valence-corrected chi connectivity index (χ4v) is 3.09. The largest absolute Gasteiger partial charge is 0.481 e. The Balaban J connectivity index is 1.72. The number of para-hydroxylation sites is 1. The molecule has 0 aliphatic carbocycles. The Morgan fingerprint density at radius 1 is 1.22 bits per heavy atom. The van der Waals surface area contributed by atoms with Gasteiger partial charge in [0, 0.05) is 18.3 Å². The van der Waals surface area contributed by atoms with Crippen LogP contribution in [0.15, 0.2) is 48.5 Å². The number of anilines is 1. The fraction of sp³-hybridized carbons (Fsp3) is 0.316. The second-order valence-electron chi connectivity index (χ2n) is 5.95. The van der Waals surface area contributed by atoms with Gasteiger partial charge in [0.1, 0.15) is 11.5 Å². The van der Waals surface area contributed by atoms with Crippen LogP contribution in [-0.2, 0) is 4.79 Å². The summed E-state index contributed by atoms with van der Waals surface area (Å²) in [4.78, 5) is 13.2. The first-order valence-corrected chi connectivity index (χ1v) is 7.95. The summed E-state index contributed by atoms with van der Waals surface area (Å²) in [5.74, 6) is 0.906. The highest BCUT2D eigenvalue weighted by Crippen LogP contribution is 2.30. The van der Waals surface area contributed by atoms with Crippen LogP contribution in [0.4, 0.5) is 5.69 Å². The van der Waals surface area contributed by atoms with E-state index in [-0.39, 0.29) is 12.5 Å². The summed E-state index contributed by atoms with van der Waals surface area (Å²) in [5.41, 5.74) is 2.16. The van der Waals surface area contributed by atoms with Crippen LogP contribution in [0, 0.1) is 6.92 Å². The molecule has 2 aromatic carbocycles. The van der Waals surface area contributed by atoms with Crippen LogP contribution in [0.2, 0.25) is 0 Å². The first kappa shape index (κ1) is 15.4. The van der Waals surface area contributed by atoms with E-state index in [9.17, 15) is 4.79 Å². The number of hydrogen-bond acceptors (Lipinski definition) is 3. The molecule has 0 saturated carbocycles. The van der Waals surface area contributed by atoms with Gasteiger partial charge in [-0.2, -0.15) is 0 Å². The van der Waals surface area contributed by atoms with Gasteiger partial charge in [-0.25, -0.2) is 0 Å². The standard InChI is InChI=1S/C19H21NO3/c1-14-5-2-3-7-18(14)23-17-10-8-15(9-11-17)20-12-4-6-16(20)13-19(21)22/h2-3,5,7-11,16H,4,6,12-13H2,1H3,(H,21,22). The highest BCUT2D eigenvalue weighted by atomic mass is 16.5. The van der Waals surface area contributed by atoms with Crippen molar-refractivity contribution in [1.29, 1.82) is 0 Å². The lowest BCUT2D eigenvalue weighted by molar-refractivity contribution is -0.137.